The predicted octanol–water partition coefficient (Wildman–Crippen LogP) is 1.89. The molecule has 0 atom stereocenters. The van der Waals surface area contributed by atoms with Crippen LogP contribution in [0.3, 0.4) is 0 Å². The monoisotopic (exact) mass is 218 g/mol. The zero-order chi connectivity index (χ0) is 11.6. The van der Waals surface area contributed by atoms with Crippen LogP contribution in [0.1, 0.15) is 32.4 Å². The van der Waals surface area contributed by atoms with Crippen LogP contribution < -0.4 is 5.32 Å². The molecule has 1 saturated carbocycles. The number of rotatable bonds is 4. The maximum Gasteiger partial charge on any atom is 0.222 e. The van der Waals surface area contributed by atoms with E-state index in [1.807, 2.05) is 32.2 Å². The van der Waals surface area contributed by atoms with Crippen molar-refractivity contribution in [2.24, 2.45) is 5.92 Å². The van der Waals surface area contributed by atoms with Gasteiger partial charge in [-0.1, -0.05) is 19.9 Å². The van der Waals surface area contributed by atoms with E-state index in [4.69, 9.17) is 0 Å². The SMILES string of the molecule is CC(C)C(=O)NCC1(c2ccccn2)CC1. The van der Waals surface area contributed by atoms with E-state index < -0.39 is 0 Å². The molecule has 0 spiro atoms. The minimum absolute atomic E-state index is 0.0551. The molecular weight excluding hydrogens is 200 g/mol. The molecule has 1 aliphatic carbocycles. The van der Waals surface area contributed by atoms with Gasteiger partial charge in [0.15, 0.2) is 0 Å². The van der Waals surface area contributed by atoms with E-state index in [1.165, 1.54) is 0 Å². The highest BCUT2D eigenvalue weighted by Gasteiger charge is 2.45. The molecule has 1 amide bonds. The molecule has 1 aliphatic rings. The maximum atomic E-state index is 11.5. The Bertz CT molecular complexity index is 369. The minimum atomic E-state index is 0.0551. The third-order valence-electron chi connectivity index (χ3n) is 3.19. The highest BCUT2D eigenvalue weighted by atomic mass is 16.1. The number of pyridine rings is 1. The summed E-state index contributed by atoms with van der Waals surface area (Å²) in [5.74, 6) is 0.182. The van der Waals surface area contributed by atoms with Crippen LogP contribution in [-0.4, -0.2) is 17.4 Å². The molecule has 16 heavy (non-hydrogen) atoms. The number of nitrogens with zero attached hydrogens (tertiary/aromatic N) is 1. The van der Waals surface area contributed by atoms with Crippen LogP contribution in [0.2, 0.25) is 0 Å². The number of carbonyl (C=O) groups is 1. The number of carbonyl (C=O) groups excluding carboxylic acids is 1. The van der Waals surface area contributed by atoms with Crippen molar-refractivity contribution in [2.45, 2.75) is 32.1 Å². The summed E-state index contributed by atoms with van der Waals surface area (Å²) in [7, 11) is 0. The molecule has 1 heterocycles. The largest absolute Gasteiger partial charge is 0.355 e. The molecule has 0 aliphatic heterocycles. The van der Waals surface area contributed by atoms with Crippen molar-refractivity contribution in [1.29, 1.82) is 0 Å². The molecule has 3 heteroatoms. The van der Waals surface area contributed by atoms with Gasteiger partial charge in [-0.2, -0.15) is 0 Å². The van der Waals surface area contributed by atoms with Gasteiger partial charge < -0.3 is 5.32 Å². The van der Waals surface area contributed by atoms with Crippen LogP contribution in [0, 0.1) is 5.92 Å². The number of amides is 1. The lowest BCUT2D eigenvalue weighted by Crippen LogP contribution is -2.35. The summed E-state index contributed by atoms with van der Waals surface area (Å²) in [5, 5.41) is 3.00. The summed E-state index contributed by atoms with van der Waals surface area (Å²) < 4.78 is 0. The number of hydrogen-bond donors (Lipinski definition) is 1. The lowest BCUT2D eigenvalue weighted by molar-refractivity contribution is -0.124. The van der Waals surface area contributed by atoms with Gasteiger partial charge in [-0.15, -0.1) is 0 Å². The summed E-state index contributed by atoms with van der Waals surface area (Å²) in [6.45, 7) is 4.55. The first-order valence-corrected chi connectivity index (χ1v) is 5.83. The fourth-order valence-electron chi connectivity index (χ4n) is 1.81. The molecule has 0 unspecified atom stereocenters. The Balaban J connectivity index is 1.97. The van der Waals surface area contributed by atoms with Crippen molar-refractivity contribution in [2.75, 3.05) is 6.54 Å². The molecule has 1 aromatic heterocycles. The molecule has 1 aromatic rings. The Kier molecular flexibility index (Phi) is 2.95. The van der Waals surface area contributed by atoms with Crippen molar-refractivity contribution in [3.8, 4) is 0 Å². The van der Waals surface area contributed by atoms with Crippen LogP contribution in [0.4, 0.5) is 0 Å². The van der Waals surface area contributed by atoms with Gasteiger partial charge >= 0.3 is 0 Å². The first-order chi connectivity index (χ1) is 7.64. The first kappa shape index (κ1) is 11.1. The molecular formula is C13H18N2O. The Hall–Kier alpha value is -1.38. The highest BCUT2D eigenvalue weighted by Crippen LogP contribution is 2.46. The highest BCUT2D eigenvalue weighted by molar-refractivity contribution is 5.78. The molecule has 3 nitrogen and oxygen atoms in total. The van der Waals surface area contributed by atoms with Crippen LogP contribution in [0.5, 0.6) is 0 Å². The van der Waals surface area contributed by atoms with E-state index in [0.717, 1.165) is 25.1 Å². The zero-order valence-electron chi connectivity index (χ0n) is 9.86. The standard InChI is InChI=1S/C13H18N2O/c1-10(2)12(16)15-9-13(6-7-13)11-5-3-4-8-14-11/h3-5,8,10H,6-7,9H2,1-2H3,(H,15,16). The van der Waals surface area contributed by atoms with Crippen molar-refractivity contribution < 1.29 is 4.79 Å². The van der Waals surface area contributed by atoms with Crippen LogP contribution in [0.15, 0.2) is 24.4 Å². The molecule has 2 rings (SSSR count). The van der Waals surface area contributed by atoms with E-state index in [0.29, 0.717) is 0 Å². The second-order valence-electron chi connectivity index (χ2n) is 4.87. The predicted molar refractivity (Wildman–Crippen MR) is 63.0 cm³/mol. The Labute approximate surface area is 96.3 Å². The first-order valence-electron chi connectivity index (χ1n) is 5.83. The van der Waals surface area contributed by atoms with Gasteiger partial charge in [-0.25, -0.2) is 0 Å². The lowest BCUT2D eigenvalue weighted by atomic mass is 10.0. The van der Waals surface area contributed by atoms with E-state index in [2.05, 4.69) is 16.4 Å². The second kappa shape index (κ2) is 4.24. The minimum Gasteiger partial charge on any atom is -0.355 e. The van der Waals surface area contributed by atoms with E-state index in [-0.39, 0.29) is 17.2 Å². The van der Waals surface area contributed by atoms with Gasteiger partial charge in [0.05, 0.1) is 0 Å². The van der Waals surface area contributed by atoms with Crippen molar-refractivity contribution in [3.05, 3.63) is 30.1 Å². The Morgan fingerprint density at radius 1 is 1.50 bits per heavy atom. The van der Waals surface area contributed by atoms with Crippen LogP contribution in [-0.2, 0) is 10.2 Å². The fourth-order valence-corrected chi connectivity index (χ4v) is 1.81. The second-order valence-corrected chi connectivity index (χ2v) is 4.87. The normalized spacial score (nSPS) is 17.2. The summed E-state index contributed by atoms with van der Waals surface area (Å²) in [6, 6.07) is 5.98. The number of aromatic nitrogens is 1. The molecule has 0 bridgehead atoms. The van der Waals surface area contributed by atoms with E-state index in [9.17, 15) is 4.79 Å². The summed E-state index contributed by atoms with van der Waals surface area (Å²) in [4.78, 5) is 15.9. The summed E-state index contributed by atoms with van der Waals surface area (Å²) in [5.41, 5.74) is 1.23. The molecule has 0 saturated heterocycles. The third-order valence-corrected chi connectivity index (χ3v) is 3.19. The Morgan fingerprint density at radius 3 is 2.75 bits per heavy atom. The van der Waals surface area contributed by atoms with Crippen molar-refractivity contribution >= 4 is 5.91 Å². The fraction of sp³-hybridized carbons (Fsp3) is 0.538. The molecule has 1 N–H and O–H groups in total. The van der Waals surface area contributed by atoms with Gasteiger partial charge in [-0.3, -0.25) is 9.78 Å². The van der Waals surface area contributed by atoms with Gasteiger partial charge in [-0.05, 0) is 25.0 Å². The van der Waals surface area contributed by atoms with E-state index >= 15 is 0 Å². The Morgan fingerprint density at radius 2 is 2.25 bits per heavy atom. The third kappa shape index (κ3) is 2.23. The van der Waals surface area contributed by atoms with E-state index in [1.54, 1.807) is 0 Å². The molecule has 0 radical (unpaired) electrons. The van der Waals surface area contributed by atoms with Crippen molar-refractivity contribution in [1.82, 2.24) is 10.3 Å². The molecule has 0 aromatic carbocycles. The van der Waals surface area contributed by atoms with Gasteiger partial charge in [0.1, 0.15) is 0 Å². The lowest BCUT2D eigenvalue weighted by Gasteiger charge is -2.16. The van der Waals surface area contributed by atoms with Gasteiger partial charge in [0, 0.05) is 29.8 Å². The average molecular weight is 218 g/mol. The average Bonchev–Trinajstić information content (AvgIpc) is 3.08. The van der Waals surface area contributed by atoms with Crippen LogP contribution in [0.25, 0.3) is 0 Å². The maximum absolute atomic E-state index is 11.5. The summed E-state index contributed by atoms with van der Waals surface area (Å²) in [6.07, 6.45) is 4.07. The van der Waals surface area contributed by atoms with Crippen molar-refractivity contribution in [3.63, 3.8) is 0 Å². The zero-order valence-corrected chi connectivity index (χ0v) is 9.86. The number of nitrogens with one attached hydrogen (secondary N) is 1. The van der Waals surface area contributed by atoms with Gasteiger partial charge in [0.25, 0.3) is 0 Å². The smallest absolute Gasteiger partial charge is 0.222 e. The topological polar surface area (TPSA) is 42.0 Å². The van der Waals surface area contributed by atoms with Gasteiger partial charge in [0.2, 0.25) is 5.91 Å². The number of hydrogen-bond acceptors (Lipinski definition) is 2. The molecule has 86 valence electrons. The molecule has 1 fully saturated rings. The summed E-state index contributed by atoms with van der Waals surface area (Å²) >= 11 is 0. The van der Waals surface area contributed by atoms with Crippen LogP contribution >= 0.6 is 0 Å². The quantitative estimate of drug-likeness (QED) is 0.838.